The van der Waals surface area contributed by atoms with Gasteiger partial charge in [-0.2, -0.15) is 0 Å². The third kappa shape index (κ3) is 2.44. The third-order valence-electron chi connectivity index (χ3n) is 2.26. The number of ether oxygens (including phenoxy) is 1. The lowest BCUT2D eigenvalue weighted by atomic mass is 9.98. The van der Waals surface area contributed by atoms with E-state index in [-0.39, 0.29) is 18.3 Å². The molecule has 4 heteroatoms. The van der Waals surface area contributed by atoms with Crippen LogP contribution in [0.1, 0.15) is 32.6 Å². The number of unbranched alkanes of at least 4 members (excludes halogenated alkanes) is 1. The van der Waals surface area contributed by atoms with Crippen LogP contribution < -0.4 is 5.11 Å². The smallest absolute Gasteiger partial charge is 0.309 e. The fourth-order valence-corrected chi connectivity index (χ4v) is 1.47. The van der Waals surface area contributed by atoms with Crippen LogP contribution in [0.3, 0.4) is 0 Å². The van der Waals surface area contributed by atoms with Crippen molar-refractivity contribution in [3.8, 4) is 0 Å². The Kier molecular flexibility index (Phi) is 3.28. The number of carboxylic acids is 1. The first-order valence-electron chi connectivity index (χ1n) is 4.56. The minimum atomic E-state index is -1.28. The van der Waals surface area contributed by atoms with Crippen molar-refractivity contribution in [1.29, 1.82) is 0 Å². The molecule has 2 atom stereocenters. The van der Waals surface area contributed by atoms with Crippen molar-refractivity contribution >= 4 is 11.9 Å². The van der Waals surface area contributed by atoms with Gasteiger partial charge in [-0.15, -0.1) is 0 Å². The molecule has 0 bridgehead atoms. The molecule has 0 aromatic rings. The Hall–Kier alpha value is -1.06. The normalized spacial score (nSPS) is 27.3. The van der Waals surface area contributed by atoms with E-state index < -0.39 is 12.1 Å². The highest BCUT2D eigenvalue weighted by Crippen LogP contribution is 2.25. The van der Waals surface area contributed by atoms with Crippen LogP contribution in [0.15, 0.2) is 0 Å². The highest BCUT2D eigenvalue weighted by Gasteiger charge is 2.34. The van der Waals surface area contributed by atoms with Crippen molar-refractivity contribution in [2.75, 3.05) is 0 Å². The van der Waals surface area contributed by atoms with Crippen LogP contribution in [-0.2, 0) is 14.3 Å². The highest BCUT2D eigenvalue weighted by molar-refractivity contribution is 5.82. The Balaban J connectivity index is 2.42. The van der Waals surface area contributed by atoms with E-state index >= 15 is 0 Å². The number of aliphatic carboxylic acids is 1. The van der Waals surface area contributed by atoms with Gasteiger partial charge in [0, 0.05) is 6.42 Å². The quantitative estimate of drug-likeness (QED) is 0.572. The van der Waals surface area contributed by atoms with Gasteiger partial charge in [-0.1, -0.05) is 19.8 Å². The average molecular weight is 185 g/mol. The number of carboxylic acid groups (broad SMARTS) is 1. The molecule has 0 aromatic carbocycles. The molecule has 1 heterocycles. The number of carbonyl (C=O) groups excluding carboxylic acids is 2. The van der Waals surface area contributed by atoms with Gasteiger partial charge in [0.15, 0.2) is 0 Å². The van der Waals surface area contributed by atoms with Crippen LogP contribution in [-0.4, -0.2) is 18.0 Å². The third-order valence-corrected chi connectivity index (χ3v) is 2.26. The zero-order valence-electron chi connectivity index (χ0n) is 7.62. The molecule has 0 N–H and O–H groups in total. The predicted molar refractivity (Wildman–Crippen MR) is 42.5 cm³/mol. The first kappa shape index (κ1) is 10.0. The number of carbonyl (C=O) groups is 2. The van der Waals surface area contributed by atoms with Crippen LogP contribution in [0.2, 0.25) is 0 Å². The zero-order valence-corrected chi connectivity index (χ0v) is 7.62. The highest BCUT2D eigenvalue weighted by atomic mass is 16.6. The van der Waals surface area contributed by atoms with E-state index in [9.17, 15) is 14.7 Å². The lowest BCUT2D eigenvalue weighted by Gasteiger charge is -2.08. The van der Waals surface area contributed by atoms with Gasteiger partial charge in [0.1, 0.15) is 6.10 Å². The molecule has 1 aliphatic rings. The molecule has 0 unspecified atom stereocenters. The van der Waals surface area contributed by atoms with E-state index in [4.69, 9.17) is 0 Å². The van der Waals surface area contributed by atoms with Gasteiger partial charge in [0.05, 0.1) is 11.9 Å². The molecule has 13 heavy (non-hydrogen) atoms. The standard InChI is InChI=1S/C9H14O4/c1-2-3-4-6-5-7(8(10)11)13-9(6)12/h6-7H,2-5H2,1H3,(H,10,11)/p-1/t6-,7-/m1/s1. The van der Waals surface area contributed by atoms with Gasteiger partial charge in [-0.25, -0.2) is 0 Å². The molecule has 0 amide bonds. The van der Waals surface area contributed by atoms with E-state index in [0.29, 0.717) is 0 Å². The molecule has 0 radical (unpaired) electrons. The van der Waals surface area contributed by atoms with E-state index in [1.165, 1.54) is 0 Å². The Labute approximate surface area is 76.9 Å². The SMILES string of the molecule is CCCC[C@@H]1C[C@H](C(=O)[O-])OC1=O. The number of cyclic esters (lactones) is 1. The van der Waals surface area contributed by atoms with Gasteiger partial charge in [0.2, 0.25) is 0 Å². The second kappa shape index (κ2) is 4.25. The number of hydrogen-bond acceptors (Lipinski definition) is 4. The molecule has 4 nitrogen and oxygen atoms in total. The number of rotatable bonds is 4. The Morgan fingerprint density at radius 2 is 2.38 bits per heavy atom. The summed E-state index contributed by atoms with van der Waals surface area (Å²) in [4.78, 5) is 21.5. The van der Waals surface area contributed by atoms with Gasteiger partial charge < -0.3 is 14.6 Å². The Morgan fingerprint density at radius 3 is 2.85 bits per heavy atom. The summed E-state index contributed by atoms with van der Waals surface area (Å²) in [5, 5.41) is 10.4. The second-order valence-corrected chi connectivity index (χ2v) is 3.32. The Bertz CT molecular complexity index is 212. The minimum absolute atomic E-state index is 0.233. The predicted octanol–water partition coefficient (Wildman–Crippen LogP) is -0.142. The molecule has 1 aliphatic heterocycles. The lowest BCUT2D eigenvalue weighted by molar-refractivity contribution is -0.314. The molecule has 1 saturated heterocycles. The fourth-order valence-electron chi connectivity index (χ4n) is 1.47. The van der Waals surface area contributed by atoms with E-state index in [0.717, 1.165) is 19.3 Å². The van der Waals surface area contributed by atoms with Gasteiger partial charge in [-0.05, 0) is 6.42 Å². The van der Waals surface area contributed by atoms with Gasteiger partial charge in [0.25, 0.3) is 0 Å². The largest absolute Gasteiger partial charge is 0.546 e. The Morgan fingerprint density at radius 1 is 1.69 bits per heavy atom. The van der Waals surface area contributed by atoms with Gasteiger partial charge >= 0.3 is 5.97 Å². The van der Waals surface area contributed by atoms with Crippen LogP contribution in [0, 0.1) is 5.92 Å². The molecular formula is C9H13O4-. The summed E-state index contributed by atoms with van der Waals surface area (Å²) in [6.45, 7) is 2.02. The maximum atomic E-state index is 11.1. The molecule has 0 saturated carbocycles. The number of esters is 1. The summed E-state index contributed by atoms with van der Waals surface area (Å²) in [6, 6.07) is 0. The van der Waals surface area contributed by atoms with Crippen LogP contribution in [0.5, 0.6) is 0 Å². The van der Waals surface area contributed by atoms with Gasteiger partial charge in [-0.3, -0.25) is 4.79 Å². The van der Waals surface area contributed by atoms with Crippen molar-refractivity contribution in [3.05, 3.63) is 0 Å². The van der Waals surface area contributed by atoms with E-state index in [2.05, 4.69) is 4.74 Å². The maximum Gasteiger partial charge on any atom is 0.309 e. The first-order valence-corrected chi connectivity index (χ1v) is 4.56. The summed E-state index contributed by atoms with van der Waals surface area (Å²) in [7, 11) is 0. The van der Waals surface area contributed by atoms with Crippen molar-refractivity contribution < 1.29 is 19.4 Å². The lowest BCUT2D eigenvalue weighted by Crippen LogP contribution is -2.35. The van der Waals surface area contributed by atoms with E-state index in [1.54, 1.807) is 0 Å². The molecule has 1 rings (SSSR count). The minimum Gasteiger partial charge on any atom is -0.546 e. The average Bonchev–Trinajstić information content (AvgIpc) is 2.44. The monoisotopic (exact) mass is 185 g/mol. The van der Waals surface area contributed by atoms with Crippen molar-refractivity contribution in [2.24, 2.45) is 5.92 Å². The first-order chi connectivity index (χ1) is 6.15. The fraction of sp³-hybridized carbons (Fsp3) is 0.778. The van der Waals surface area contributed by atoms with Crippen LogP contribution in [0.25, 0.3) is 0 Å². The molecule has 74 valence electrons. The maximum absolute atomic E-state index is 11.1. The van der Waals surface area contributed by atoms with Crippen LogP contribution >= 0.6 is 0 Å². The summed E-state index contributed by atoms with van der Waals surface area (Å²) in [6.07, 6.45) is 1.91. The molecule has 0 spiro atoms. The molecular weight excluding hydrogens is 172 g/mol. The molecule has 0 aromatic heterocycles. The van der Waals surface area contributed by atoms with E-state index in [1.807, 2.05) is 6.92 Å². The summed E-state index contributed by atoms with van der Waals surface area (Å²) in [5.41, 5.74) is 0. The summed E-state index contributed by atoms with van der Waals surface area (Å²) >= 11 is 0. The summed E-state index contributed by atoms with van der Waals surface area (Å²) < 4.78 is 4.63. The van der Waals surface area contributed by atoms with Crippen LogP contribution in [0.4, 0.5) is 0 Å². The summed E-state index contributed by atoms with van der Waals surface area (Å²) in [5.74, 6) is -1.90. The van der Waals surface area contributed by atoms with Crippen molar-refractivity contribution in [2.45, 2.75) is 38.7 Å². The second-order valence-electron chi connectivity index (χ2n) is 3.32. The van der Waals surface area contributed by atoms with Crippen molar-refractivity contribution in [3.63, 3.8) is 0 Å². The molecule has 0 aliphatic carbocycles. The van der Waals surface area contributed by atoms with Crippen molar-refractivity contribution in [1.82, 2.24) is 0 Å². The topological polar surface area (TPSA) is 66.4 Å². The molecule has 1 fully saturated rings. The zero-order chi connectivity index (χ0) is 9.84. The number of hydrogen-bond donors (Lipinski definition) is 0.